The Labute approximate surface area is 196 Å². The van der Waals surface area contributed by atoms with Crippen molar-refractivity contribution in [1.82, 2.24) is 9.80 Å². The predicted octanol–water partition coefficient (Wildman–Crippen LogP) is 3.86. The normalized spacial score (nSPS) is 33.7. The molecule has 0 aromatic heterocycles. The number of hydrogen-bond acceptors (Lipinski definition) is 2. The first-order valence-corrected chi connectivity index (χ1v) is 12.9. The average Bonchev–Trinajstić information content (AvgIpc) is 3.70. The van der Waals surface area contributed by atoms with Gasteiger partial charge >= 0.3 is 0 Å². The number of carbonyl (C=O) groups is 2. The van der Waals surface area contributed by atoms with Crippen LogP contribution in [0.2, 0.25) is 0 Å². The number of benzene rings is 2. The molecular weight excluding hydrogens is 408 g/mol. The van der Waals surface area contributed by atoms with Gasteiger partial charge in [-0.25, -0.2) is 0 Å². The second kappa shape index (κ2) is 6.94. The summed E-state index contributed by atoms with van der Waals surface area (Å²) < 4.78 is 0. The van der Waals surface area contributed by atoms with Crippen molar-refractivity contribution in [2.24, 2.45) is 11.8 Å². The van der Waals surface area contributed by atoms with Crippen LogP contribution in [0.4, 0.5) is 0 Å². The van der Waals surface area contributed by atoms with Gasteiger partial charge in [-0.1, -0.05) is 48.5 Å². The number of rotatable bonds is 2. The first-order valence-electron chi connectivity index (χ1n) is 12.9. The zero-order valence-electron chi connectivity index (χ0n) is 19.3. The summed E-state index contributed by atoms with van der Waals surface area (Å²) in [5.41, 5.74) is 5.92. The molecule has 7 rings (SSSR count). The van der Waals surface area contributed by atoms with E-state index in [1.165, 1.54) is 22.3 Å². The Hall–Kier alpha value is -2.62. The Balaban J connectivity index is 1.01. The minimum Gasteiger partial charge on any atom is -0.341 e. The van der Waals surface area contributed by atoms with Gasteiger partial charge in [0.15, 0.2) is 0 Å². The van der Waals surface area contributed by atoms with E-state index in [-0.39, 0.29) is 22.7 Å². The maximum atomic E-state index is 13.5. The van der Waals surface area contributed by atoms with E-state index in [2.05, 4.69) is 58.3 Å². The molecule has 1 saturated heterocycles. The van der Waals surface area contributed by atoms with Crippen LogP contribution in [0.25, 0.3) is 0 Å². The smallest absolute Gasteiger partial charge is 0.226 e. The van der Waals surface area contributed by atoms with Crippen LogP contribution in [0.5, 0.6) is 0 Å². The highest BCUT2D eigenvalue weighted by molar-refractivity contribution is 5.86. The molecule has 1 heterocycles. The molecule has 1 aliphatic heterocycles. The standard InChI is InChI=1S/C29H32N2O2/c32-26(24-18-28(24)12-10-20-6-1-3-8-22(20)28)30-14-5-15-31(17-16-30)27(33)25-19-29(25)13-11-21-7-2-4-9-23(21)29/h1-4,6-9,24-25H,5,10-19H2. The molecule has 170 valence electrons. The lowest BCUT2D eigenvalue weighted by atomic mass is 9.95. The fourth-order valence-electron chi connectivity index (χ4n) is 7.64. The number of aryl methyl sites for hydroxylation is 2. The van der Waals surface area contributed by atoms with E-state index in [0.29, 0.717) is 24.9 Å². The van der Waals surface area contributed by atoms with Crippen molar-refractivity contribution in [1.29, 1.82) is 0 Å². The lowest BCUT2D eigenvalue weighted by Gasteiger charge is -2.24. The van der Waals surface area contributed by atoms with Crippen molar-refractivity contribution in [3.8, 4) is 0 Å². The molecule has 4 unspecified atom stereocenters. The summed E-state index contributed by atoms with van der Waals surface area (Å²) >= 11 is 0. The van der Waals surface area contributed by atoms with E-state index in [1.807, 2.05) is 0 Å². The van der Waals surface area contributed by atoms with E-state index < -0.39 is 0 Å². The molecule has 2 saturated carbocycles. The molecule has 4 atom stereocenters. The highest BCUT2D eigenvalue weighted by atomic mass is 16.2. The Kier molecular flexibility index (Phi) is 4.17. The third kappa shape index (κ3) is 2.82. The van der Waals surface area contributed by atoms with Gasteiger partial charge in [-0.05, 0) is 67.2 Å². The van der Waals surface area contributed by atoms with Crippen molar-refractivity contribution in [2.75, 3.05) is 26.2 Å². The van der Waals surface area contributed by atoms with Crippen LogP contribution in [-0.2, 0) is 33.3 Å². The molecule has 4 heteroatoms. The van der Waals surface area contributed by atoms with Gasteiger partial charge in [0, 0.05) is 48.8 Å². The SMILES string of the molecule is O=C(C1CC12CCc1ccccc12)N1CCCN(C(=O)C2CC23CCc2ccccc23)CC1. The second-order valence-corrected chi connectivity index (χ2v) is 11.1. The second-order valence-electron chi connectivity index (χ2n) is 11.1. The minimum atomic E-state index is 0.103. The van der Waals surface area contributed by atoms with E-state index in [0.717, 1.165) is 58.0 Å². The van der Waals surface area contributed by atoms with Gasteiger partial charge < -0.3 is 9.80 Å². The number of amides is 2. The van der Waals surface area contributed by atoms with Gasteiger partial charge in [0.1, 0.15) is 0 Å². The summed E-state index contributed by atoms with van der Waals surface area (Å²) in [7, 11) is 0. The molecule has 0 N–H and O–H groups in total. The van der Waals surface area contributed by atoms with Crippen molar-refractivity contribution in [3.05, 3.63) is 70.8 Å². The Morgan fingerprint density at radius 3 is 1.61 bits per heavy atom. The Morgan fingerprint density at radius 2 is 1.12 bits per heavy atom. The van der Waals surface area contributed by atoms with Gasteiger partial charge in [-0.2, -0.15) is 0 Å². The highest BCUT2D eigenvalue weighted by Crippen LogP contribution is 2.63. The molecule has 0 bridgehead atoms. The number of nitrogens with zero attached hydrogens (tertiary/aromatic N) is 2. The third-order valence-electron chi connectivity index (χ3n) is 9.65. The van der Waals surface area contributed by atoms with Crippen LogP contribution in [-0.4, -0.2) is 47.8 Å². The average molecular weight is 441 g/mol. The van der Waals surface area contributed by atoms with Gasteiger partial charge in [0.2, 0.25) is 11.8 Å². The van der Waals surface area contributed by atoms with Crippen molar-refractivity contribution in [3.63, 3.8) is 0 Å². The van der Waals surface area contributed by atoms with E-state index >= 15 is 0 Å². The quantitative estimate of drug-likeness (QED) is 0.712. The summed E-state index contributed by atoms with van der Waals surface area (Å²) in [4.78, 5) is 31.1. The van der Waals surface area contributed by atoms with Crippen LogP contribution < -0.4 is 0 Å². The molecule has 4 aliphatic carbocycles. The summed E-state index contributed by atoms with van der Waals surface area (Å²) in [6.45, 7) is 2.95. The predicted molar refractivity (Wildman–Crippen MR) is 127 cm³/mol. The summed E-state index contributed by atoms with van der Waals surface area (Å²) in [5.74, 6) is 0.942. The topological polar surface area (TPSA) is 40.6 Å². The highest BCUT2D eigenvalue weighted by Gasteiger charge is 2.63. The fraction of sp³-hybridized carbons (Fsp3) is 0.517. The molecule has 2 aromatic carbocycles. The van der Waals surface area contributed by atoms with E-state index in [1.54, 1.807) is 0 Å². The van der Waals surface area contributed by atoms with Gasteiger partial charge in [0.25, 0.3) is 0 Å². The molecule has 2 amide bonds. The Morgan fingerprint density at radius 1 is 0.667 bits per heavy atom. The van der Waals surface area contributed by atoms with Gasteiger partial charge in [-0.3, -0.25) is 9.59 Å². The lowest BCUT2D eigenvalue weighted by molar-refractivity contribution is -0.135. The summed E-state index contributed by atoms with van der Waals surface area (Å²) in [6.07, 6.45) is 7.35. The maximum Gasteiger partial charge on any atom is 0.226 e. The monoisotopic (exact) mass is 440 g/mol. The fourth-order valence-corrected chi connectivity index (χ4v) is 7.64. The summed E-state index contributed by atoms with van der Waals surface area (Å²) in [5, 5.41) is 0. The van der Waals surface area contributed by atoms with E-state index in [4.69, 9.17) is 0 Å². The summed E-state index contributed by atoms with van der Waals surface area (Å²) in [6, 6.07) is 17.4. The number of hydrogen-bond donors (Lipinski definition) is 0. The molecule has 3 fully saturated rings. The first-order chi connectivity index (χ1) is 16.1. The molecule has 0 radical (unpaired) electrons. The number of fused-ring (bicyclic) bond motifs is 4. The van der Waals surface area contributed by atoms with Gasteiger partial charge in [-0.15, -0.1) is 0 Å². The molecule has 2 spiro atoms. The van der Waals surface area contributed by atoms with Crippen molar-refractivity contribution >= 4 is 11.8 Å². The third-order valence-corrected chi connectivity index (χ3v) is 9.65. The van der Waals surface area contributed by atoms with Crippen LogP contribution >= 0.6 is 0 Å². The molecular formula is C29H32N2O2. The van der Waals surface area contributed by atoms with Crippen LogP contribution in [0.1, 0.15) is 54.4 Å². The van der Waals surface area contributed by atoms with Crippen molar-refractivity contribution < 1.29 is 9.59 Å². The molecule has 2 aromatic rings. The zero-order chi connectivity index (χ0) is 22.2. The van der Waals surface area contributed by atoms with Crippen LogP contribution in [0.15, 0.2) is 48.5 Å². The maximum absolute atomic E-state index is 13.5. The van der Waals surface area contributed by atoms with Gasteiger partial charge in [0.05, 0.1) is 0 Å². The number of carbonyl (C=O) groups excluding carboxylic acids is 2. The molecule has 33 heavy (non-hydrogen) atoms. The minimum absolute atomic E-state index is 0.103. The molecule has 5 aliphatic rings. The van der Waals surface area contributed by atoms with Crippen molar-refractivity contribution in [2.45, 2.75) is 55.8 Å². The zero-order valence-corrected chi connectivity index (χ0v) is 19.3. The van der Waals surface area contributed by atoms with E-state index in [9.17, 15) is 9.59 Å². The van der Waals surface area contributed by atoms with Crippen LogP contribution in [0, 0.1) is 11.8 Å². The first kappa shape index (κ1) is 19.8. The largest absolute Gasteiger partial charge is 0.341 e. The lowest BCUT2D eigenvalue weighted by Crippen LogP contribution is -2.39. The molecule has 4 nitrogen and oxygen atoms in total. The Bertz CT molecular complexity index is 1070. The van der Waals surface area contributed by atoms with Crippen LogP contribution in [0.3, 0.4) is 0 Å².